The van der Waals surface area contributed by atoms with E-state index in [-0.39, 0.29) is 29.9 Å². The lowest BCUT2D eigenvalue weighted by Gasteiger charge is -2.36. The van der Waals surface area contributed by atoms with Crippen molar-refractivity contribution in [2.24, 2.45) is 0 Å². The van der Waals surface area contributed by atoms with Crippen LogP contribution in [0.2, 0.25) is 0 Å². The van der Waals surface area contributed by atoms with Crippen LogP contribution in [0.1, 0.15) is 41.3 Å². The minimum atomic E-state index is -4.83. The van der Waals surface area contributed by atoms with Gasteiger partial charge in [-0.2, -0.15) is 13.2 Å². The first-order valence-electron chi connectivity index (χ1n) is 9.93. The lowest BCUT2D eigenvalue weighted by Crippen LogP contribution is -2.43. The number of ether oxygens (including phenoxy) is 1. The molecular formula is C21H24F3N3O4. The van der Waals surface area contributed by atoms with Crippen molar-refractivity contribution in [3.05, 3.63) is 47.2 Å². The number of carbonyl (C=O) groups is 1. The molecule has 7 nitrogen and oxygen atoms in total. The van der Waals surface area contributed by atoms with E-state index >= 15 is 0 Å². The Bertz CT molecular complexity index is 931. The van der Waals surface area contributed by atoms with Gasteiger partial charge in [-0.15, -0.1) is 0 Å². The van der Waals surface area contributed by atoms with E-state index in [2.05, 4.69) is 10.3 Å². The molecule has 0 saturated carbocycles. The van der Waals surface area contributed by atoms with Crippen molar-refractivity contribution >= 4 is 11.8 Å². The number of aromatic nitrogens is 1. The molecule has 0 aliphatic carbocycles. The summed E-state index contributed by atoms with van der Waals surface area (Å²) in [6.07, 6.45) is -2.68. The van der Waals surface area contributed by atoms with Crippen LogP contribution in [-0.2, 0) is 12.7 Å². The number of hydrogen-bond donors (Lipinski definition) is 3. The van der Waals surface area contributed by atoms with Crippen LogP contribution in [0.15, 0.2) is 30.5 Å². The average Bonchev–Trinajstić information content (AvgIpc) is 2.74. The highest BCUT2D eigenvalue weighted by molar-refractivity contribution is 5.89. The maximum atomic E-state index is 13.5. The molecule has 3 rings (SSSR count). The summed E-state index contributed by atoms with van der Waals surface area (Å²) in [5.74, 6) is -1.37. The number of alkyl halides is 3. The predicted octanol–water partition coefficient (Wildman–Crippen LogP) is 3.66. The zero-order valence-corrected chi connectivity index (χ0v) is 16.9. The molecule has 0 radical (unpaired) electrons. The number of pyridine rings is 1. The number of carboxylic acids is 1. The van der Waals surface area contributed by atoms with E-state index in [9.17, 15) is 23.1 Å². The van der Waals surface area contributed by atoms with Crippen LogP contribution in [-0.4, -0.2) is 46.9 Å². The van der Waals surface area contributed by atoms with Gasteiger partial charge in [0.05, 0.1) is 17.7 Å². The highest BCUT2D eigenvalue weighted by Gasteiger charge is 2.37. The van der Waals surface area contributed by atoms with Gasteiger partial charge in [0.1, 0.15) is 5.82 Å². The number of benzene rings is 1. The van der Waals surface area contributed by atoms with Gasteiger partial charge in [0.2, 0.25) is 0 Å². The average molecular weight is 439 g/mol. The number of aromatic carboxylic acids is 1. The van der Waals surface area contributed by atoms with Crippen molar-refractivity contribution in [1.29, 1.82) is 0 Å². The Morgan fingerprint density at radius 1 is 1.29 bits per heavy atom. The summed E-state index contributed by atoms with van der Waals surface area (Å²) in [6.45, 7) is 3.77. The highest BCUT2D eigenvalue weighted by atomic mass is 19.4. The molecule has 0 bridgehead atoms. The summed E-state index contributed by atoms with van der Waals surface area (Å²) in [4.78, 5) is 17.1. The van der Waals surface area contributed by atoms with E-state index in [1.807, 2.05) is 0 Å². The number of halogens is 3. The second-order valence-electron chi connectivity index (χ2n) is 7.24. The van der Waals surface area contributed by atoms with Gasteiger partial charge >= 0.3 is 12.1 Å². The third-order valence-electron chi connectivity index (χ3n) is 5.15. The smallest absolute Gasteiger partial charge is 0.417 e. The zero-order chi connectivity index (χ0) is 22.6. The fraction of sp³-hybridized carbons (Fsp3) is 0.429. The molecule has 168 valence electrons. The quantitative estimate of drug-likeness (QED) is 0.606. The lowest BCUT2D eigenvalue weighted by molar-refractivity contribution is -0.138. The van der Waals surface area contributed by atoms with Gasteiger partial charge < -0.3 is 25.2 Å². The molecule has 31 heavy (non-hydrogen) atoms. The molecule has 3 N–H and O–H groups in total. The maximum Gasteiger partial charge on any atom is 0.417 e. The number of piperidine rings is 1. The number of nitrogens with one attached hydrogen (secondary N) is 1. The molecule has 1 aromatic carbocycles. The van der Waals surface area contributed by atoms with Crippen LogP contribution in [0.25, 0.3) is 0 Å². The molecule has 1 aliphatic heterocycles. The minimum absolute atomic E-state index is 0.0256. The van der Waals surface area contributed by atoms with Crippen LogP contribution in [0.3, 0.4) is 0 Å². The topological polar surface area (TPSA) is 94.9 Å². The number of phenolic OH excluding ortho intramolecular Hbond substituents is 1. The highest BCUT2D eigenvalue weighted by Crippen LogP contribution is 2.35. The summed E-state index contributed by atoms with van der Waals surface area (Å²) in [5.41, 5.74) is -1.40. The van der Waals surface area contributed by atoms with Gasteiger partial charge in [0.25, 0.3) is 0 Å². The Morgan fingerprint density at radius 3 is 2.61 bits per heavy atom. The van der Waals surface area contributed by atoms with E-state index in [4.69, 9.17) is 9.84 Å². The van der Waals surface area contributed by atoms with Crippen LogP contribution >= 0.6 is 0 Å². The molecule has 2 heterocycles. The first-order valence-corrected chi connectivity index (χ1v) is 9.93. The first kappa shape index (κ1) is 22.7. The number of nitrogens with zero attached hydrogens (tertiary/aromatic N) is 2. The number of anilines is 1. The van der Waals surface area contributed by atoms with Crippen molar-refractivity contribution in [1.82, 2.24) is 10.3 Å². The summed E-state index contributed by atoms with van der Waals surface area (Å²) in [7, 11) is 0. The summed E-state index contributed by atoms with van der Waals surface area (Å²) >= 11 is 0. The van der Waals surface area contributed by atoms with Gasteiger partial charge in [-0.1, -0.05) is 6.07 Å². The van der Waals surface area contributed by atoms with E-state index in [1.165, 1.54) is 6.07 Å². The lowest BCUT2D eigenvalue weighted by atomic mass is 10.0. The van der Waals surface area contributed by atoms with Crippen LogP contribution in [0, 0.1) is 0 Å². The number of carboxylic acid groups (broad SMARTS) is 1. The van der Waals surface area contributed by atoms with Crippen molar-refractivity contribution in [3.63, 3.8) is 0 Å². The molecular weight excluding hydrogens is 415 g/mol. The standard InChI is InChI=1S/C21H24F3N3O4/c1-2-31-18-9-13(3-4-17(18)28)12-27(14-5-7-25-8-6-14)19-10-16(21(22,23)24)15(11-26-19)20(29)30/h3-4,9-11,14,25,28H,2,5-8,12H2,1H3,(H,29,30). The summed E-state index contributed by atoms with van der Waals surface area (Å²) in [6, 6.07) is 5.50. The van der Waals surface area contributed by atoms with Crippen LogP contribution in [0.4, 0.5) is 19.0 Å². The monoisotopic (exact) mass is 439 g/mol. The van der Waals surface area contributed by atoms with Crippen molar-refractivity contribution in [2.75, 3.05) is 24.6 Å². The van der Waals surface area contributed by atoms with Crippen LogP contribution < -0.4 is 15.0 Å². The Balaban J connectivity index is 2.02. The van der Waals surface area contributed by atoms with E-state index in [0.29, 0.717) is 32.5 Å². The van der Waals surface area contributed by atoms with Gasteiger partial charge in [0.15, 0.2) is 11.5 Å². The molecule has 1 saturated heterocycles. The summed E-state index contributed by atoms with van der Waals surface area (Å²) in [5, 5.41) is 22.3. The fourth-order valence-electron chi connectivity index (χ4n) is 3.65. The Morgan fingerprint density at radius 2 is 2.00 bits per heavy atom. The molecule has 2 aromatic rings. The summed E-state index contributed by atoms with van der Waals surface area (Å²) < 4.78 is 46.0. The molecule has 0 amide bonds. The molecule has 1 aliphatic rings. The van der Waals surface area contributed by atoms with E-state index < -0.39 is 23.3 Å². The van der Waals surface area contributed by atoms with Crippen LogP contribution in [0.5, 0.6) is 11.5 Å². The largest absolute Gasteiger partial charge is 0.504 e. The normalized spacial score (nSPS) is 15.0. The fourth-order valence-corrected chi connectivity index (χ4v) is 3.65. The minimum Gasteiger partial charge on any atom is -0.504 e. The van der Waals surface area contributed by atoms with Crippen molar-refractivity contribution < 1.29 is 32.9 Å². The van der Waals surface area contributed by atoms with Gasteiger partial charge in [0, 0.05) is 18.8 Å². The SMILES string of the molecule is CCOc1cc(CN(c2cc(C(F)(F)F)c(C(=O)O)cn2)C2CCNCC2)ccc1O. The molecule has 0 spiro atoms. The third kappa shape index (κ3) is 5.38. The first-order chi connectivity index (χ1) is 14.7. The second-order valence-corrected chi connectivity index (χ2v) is 7.24. The maximum absolute atomic E-state index is 13.5. The van der Waals surface area contributed by atoms with E-state index in [0.717, 1.165) is 17.8 Å². The molecule has 0 unspecified atom stereocenters. The van der Waals surface area contributed by atoms with Gasteiger partial charge in [-0.25, -0.2) is 9.78 Å². The molecule has 1 aromatic heterocycles. The third-order valence-corrected chi connectivity index (χ3v) is 5.15. The number of hydrogen-bond acceptors (Lipinski definition) is 6. The zero-order valence-electron chi connectivity index (χ0n) is 16.9. The number of rotatable bonds is 7. The number of phenols is 1. The van der Waals surface area contributed by atoms with E-state index in [1.54, 1.807) is 24.0 Å². The predicted molar refractivity (Wildman–Crippen MR) is 108 cm³/mol. The number of aromatic hydroxyl groups is 1. The Labute approximate surface area is 177 Å². The van der Waals surface area contributed by atoms with Gasteiger partial charge in [-0.3, -0.25) is 0 Å². The molecule has 0 atom stereocenters. The second kappa shape index (κ2) is 9.42. The van der Waals surface area contributed by atoms with Crippen molar-refractivity contribution in [3.8, 4) is 11.5 Å². The van der Waals surface area contributed by atoms with Crippen molar-refractivity contribution in [2.45, 2.75) is 38.5 Å². The Hall–Kier alpha value is -3.01. The van der Waals surface area contributed by atoms with Gasteiger partial charge in [-0.05, 0) is 56.6 Å². The molecule has 10 heteroatoms. The Kier molecular flexibility index (Phi) is 6.89. The molecule has 1 fully saturated rings.